The molecule has 1 aliphatic rings. The SMILES string of the molecule is COc1cc(OC)c2[nH]c(C(=O)NC[C@H](C)N3CCOCC3)cc2c1. The van der Waals surface area contributed by atoms with E-state index >= 15 is 0 Å². The summed E-state index contributed by atoms with van der Waals surface area (Å²) in [4.78, 5) is 18.0. The molecule has 1 amide bonds. The van der Waals surface area contributed by atoms with Crippen molar-refractivity contribution in [1.29, 1.82) is 0 Å². The number of hydrogen-bond donors (Lipinski definition) is 2. The summed E-state index contributed by atoms with van der Waals surface area (Å²) in [5.74, 6) is 1.21. The Kier molecular flexibility index (Phi) is 5.45. The zero-order valence-corrected chi connectivity index (χ0v) is 14.9. The van der Waals surface area contributed by atoms with Crippen LogP contribution in [0.25, 0.3) is 10.9 Å². The summed E-state index contributed by atoms with van der Waals surface area (Å²) in [7, 11) is 3.20. The lowest BCUT2D eigenvalue weighted by Crippen LogP contribution is -2.47. The number of amides is 1. The van der Waals surface area contributed by atoms with Gasteiger partial charge >= 0.3 is 0 Å². The number of aromatic nitrogens is 1. The number of fused-ring (bicyclic) bond motifs is 1. The molecule has 2 N–H and O–H groups in total. The molecule has 7 nitrogen and oxygen atoms in total. The second-order valence-corrected chi connectivity index (χ2v) is 6.18. The van der Waals surface area contributed by atoms with Gasteiger partial charge in [-0.3, -0.25) is 9.69 Å². The molecule has 0 saturated carbocycles. The first-order valence-corrected chi connectivity index (χ1v) is 8.47. The average molecular weight is 347 g/mol. The molecule has 1 fully saturated rings. The summed E-state index contributed by atoms with van der Waals surface area (Å²) in [5, 5.41) is 3.88. The first kappa shape index (κ1) is 17.6. The first-order chi connectivity index (χ1) is 12.1. The minimum Gasteiger partial charge on any atom is -0.497 e. The Bertz CT molecular complexity index is 737. The van der Waals surface area contributed by atoms with E-state index < -0.39 is 0 Å². The van der Waals surface area contributed by atoms with Crippen molar-refractivity contribution in [3.63, 3.8) is 0 Å². The van der Waals surface area contributed by atoms with Crippen molar-refractivity contribution in [2.24, 2.45) is 0 Å². The van der Waals surface area contributed by atoms with Gasteiger partial charge in [0, 0.05) is 37.1 Å². The van der Waals surface area contributed by atoms with Gasteiger partial charge in [0.2, 0.25) is 0 Å². The Morgan fingerprint density at radius 2 is 2.04 bits per heavy atom. The van der Waals surface area contributed by atoms with Crippen LogP contribution in [0.15, 0.2) is 18.2 Å². The molecule has 0 aliphatic carbocycles. The van der Waals surface area contributed by atoms with E-state index in [4.69, 9.17) is 14.2 Å². The molecule has 2 aromatic rings. The van der Waals surface area contributed by atoms with Crippen LogP contribution in [0.3, 0.4) is 0 Å². The maximum absolute atomic E-state index is 12.5. The number of rotatable bonds is 6. The van der Waals surface area contributed by atoms with Crippen molar-refractivity contribution in [3.8, 4) is 11.5 Å². The molecule has 1 aliphatic heterocycles. The zero-order chi connectivity index (χ0) is 17.8. The molecule has 7 heteroatoms. The monoisotopic (exact) mass is 347 g/mol. The number of morpholine rings is 1. The van der Waals surface area contributed by atoms with Crippen LogP contribution in [0.1, 0.15) is 17.4 Å². The number of H-pyrrole nitrogens is 1. The molecular weight excluding hydrogens is 322 g/mol. The zero-order valence-electron chi connectivity index (χ0n) is 14.9. The lowest BCUT2D eigenvalue weighted by Gasteiger charge is -2.32. The van der Waals surface area contributed by atoms with Gasteiger partial charge in [0.15, 0.2) is 0 Å². The van der Waals surface area contributed by atoms with Crippen LogP contribution in [-0.4, -0.2) is 68.9 Å². The van der Waals surface area contributed by atoms with E-state index in [1.807, 2.05) is 12.1 Å². The minimum atomic E-state index is -0.127. The summed E-state index contributed by atoms with van der Waals surface area (Å²) in [5.41, 5.74) is 1.30. The highest BCUT2D eigenvalue weighted by Gasteiger charge is 2.19. The van der Waals surface area contributed by atoms with Gasteiger partial charge in [0.25, 0.3) is 5.91 Å². The van der Waals surface area contributed by atoms with E-state index in [2.05, 4.69) is 22.1 Å². The number of nitrogens with zero attached hydrogens (tertiary/aromatic N) is 1. The second-order valence-electron chi connectivity index (χ2n) is 6.18. The van der Waals surface area contributed by atoms with E-state index in [0.29, 0.717) is 23.7 Å². The third kappa shape index (κ3) is 3.88. The van der Waals surface area contributed by atoms with Crippen molar-refractivity contribution in [1.82, 2.24) is 15.2 Å². The molecule has 0 bridgehead atoms. The maximum Gasteiger partial charge on any atom is 0.267 e. The Balaban J connectivity index is 1.69. The molecule has 1 atom stereocenters. The van der Waals surface area contributed by atoms with Crippen molar-refractivity contribution in [2.75, 3.05) is 47.1 Å². The Labute approximate surface area is 147 Å². The third-order valence-corrected chi connectivity index (χ3v) is 4.59. The van der Waals surface area contributed by atoms with E-state index in [1.165, 1.54) is 0 Å². The van der Waals surface area contributed by atoms with Gasteiger partial charge in [-0.25, -0.2) is 0 Å². The average Bonchev–Trinajstić information content (AvgIpc) is 3.09. The number of ether oxygens (including phenoxy) is 3. The molecule has 0 spiro atoms. The molecule has 1 aromatic heterocycles. The molecule has 2 heterocycles. The standard InChI is InChI=1S/C18H25N3O4/c1-12(21-4-6-25-7-5-21)11-19-18(22)15-9-13-8-14(23-2)10-16(24-3)17(13)20-15/h8-10,12,20H,4-7,11H2,1-3H3,(H,19,22)/t12-/m0/s1. The van der Waals surface area contributed by atoms with Crippen molar-refractivity contribution < 1.29 is 19.0 Å². The second kappa shape index (κ2) is 7.76. The van der Waals surface area contributed by atoms with Crippen LogP contribution < -0.4 is 14.8 Å². The first-order valence-electron chi connectivity index (χ1n) is 8.47. The molecule has 3 rings (SSSR count). The Morgan fingerprint density at radius 1 is 1.28 bits per heavy atom. The molecule has 1 saturated heterocycles. The summed E-state index contributed by atoms with van der Waals surface area (Å²) in [6.07, 6.45) is 0. The van der Waals surface area contributed by atoms with Crippen LogP contribution in [0, 0.1) is 0 Å². The highest BCUT2D eigenvalue weighted by Crippen LogP contribution is 2.31. The number of nitrogens with one attached hydrogen (secondary N) is 2. The lowest BCUT2D eigenvalue weighted by molar-refractivity contribution is 0.0204. The minimum absolute atomic E-state index is 0.127. The van der Waals surface area contributed by atoms with Gasteiger partial charge < -0.3 is 24.5 Å². The largest absolute Gasteiger partial charge is 0.497 e. The van der Waals surface area contributed by atoms with Crippen molar-refractivity contribution >= 4 is 16.8 Å². The molecule has 0 unspecified atom stereocenters. The number of aromatic amines is 1. The number of benzene rings is 1. The fourth-order valence-corrected chi connectivity index (χ4v) is 3.07. The van der Waals surface area contributed by atoms with Crippen molar-refractivity contribution in [3.05, 3.63) is 23.9 Å². The molecule has 1 aromatic carbocycles. The van der Waals surface area contributed by atoms with Crippen LogP contribution in [0.5, 0.6) is 11.5 Å². The normalized spacial score (nSPS) is 16.6. The van der Waals surface area contributed by atoms with Gasteiger partial charge in [-0.2, -0.15) is 0 Å². The van der Waals surface area contributed by atoms with Crippen LogP contribution in [0.2, 0.25) is 0 Å². The third-order valence-electron chi connectivity index (χ3n) is 4.59. The fraction of sp³-hybridized carbons (Fsp3) is 0.500. The van der Waals surface area contributed by atoms with E-state index in [9.17, 15) is 4.79 Å². The summed E-state index contributed by atoms with van der Waals surface area (Å²) < 4.78 is 16.0. The predicted molar refractivity (Wildman–Crippen MR) is 95.6 cm³/mol. The van der Waals surface area contributed by atoms with Gasteiger partial charge in [-0.15, -0.1) is 0 Å². The van der Waals surface area contributed by atoms with E-state index in [1.54, 1.807) is 20.3 Å². The quantitative estimate of drug-likeness (QED) is 0.831. The number of carbonyl (C=O) groups excluding carboxylic acids is 1. The smallest absolute Gasteiger partial charge is 0.267 e. The highest BCUT2D eigenvalue weighted by molar-refractivity contribution is 5.99. The fourth-order valence-electron chi connectivity index (χ4n) is 3.07. The predicted octanol–water partition coefficient (Wildman–Crippen LogP) is 1.64. The highest BCUT2D eigenvalue weighted by atomic mass is 16.5. The van der Waals surface area contributed by atoms with E-state index in [0.717, 1.165) is 37.2 Å². The Hall–Kier alpha value is -2.25. The molecule has 25 heavy (non-hydrogen) atoms. The Morgan fingerprint density at radius 3 is 2.72 bits per heavy atom. The maximum atomic E-state index is 12.5. The van der Waals surface area contributed by atoms with E-state index in [-0.39, 0.29) is 11.9 Å². The molecule has 136 valence electrons. The van der Waals surface area contributed by atoms with Gasteiger partial charge in [0.05, 0.1) is 33.0 Å². The summed E-state index contributed by atoms with van der Waals surface area (Å²) in [6, 6.07) is 5.75. The topological polar surface area (TPSA) is 75.8 Å². The van der Waals surface area contributed by atoms with Crippen LogP contribution in [0.4, 0.5) is 0 Å². The van der Waals surface area contributed by atoms with Gasteiger partial charge in [0.1, 0.15) is 17.2 Å². The van der Waals surface area contributed by atoms with Crippen LogP contribution in [-0.2, 0) is 4.74 Å². The number of carbonyl (C=O) groups is 1. The van der Waals surface area contributed by atoms with Crippen molar-refractivity contribution in [2.45, 2.75) is 13.0 Å². The van der Waals surface area contributed by atoms with Gasteiger partial charge in [-0.05, 0) is 19.1 Å². The number of methoxy groups -OCH3 is 2. The molecular formula is C18H25N3O4. The summed E-state index contributed by atoms with van der Waals surface area (Å²) in [6.45, 7) is 6.02. The van der Waals surface area contributed by atoms with Crippen LogP contribution >= 0.6 is 0 Å². The summed E-state index contributed by atoms with van der Waals surface area (Å²) >= 11 is 0. The lowest BCUT2D eigenvalue weighted by atomic mass is 10.2. The number of hydrogen-bond acceptors (Lipinski definition) is 5. The van der Waals surface area contributed by atoms with Gasteiger partial charge in [-0.1, -0.05) is 0 Å². The molecule has 0 radical (unpaired) electrons.